The molecule has 2 aromatic heterocycles. The van der Waals surface area contributed by atoms with E-state index in [0.717, 1.165) is 58.0 Å². The van der Waals surface area contributed by atoms with Crippen molar-refractivity contribution >= 4 is 59.2 Å². The molecule has 61 heavy (non-hydrogen) atoms. The van der Waals surface area contributed by atoms with Gasteiger partial charge in [0, 0.05) is 42.6 Å². The fraction of sp³-hybridized carbons (Fsp3) is 0.155. The Morgan fingerprint density at radius 1 is 0.639 bits per heavy atom. The van der Waals surface area contributed by atoms with Gasteiger partial charge in [-0.1, -0.05) is 158 Å². The number of hydrogen-bond acceptors (Lipinski definition) is 3. The zero-order valence-corrected chi connectivity index (χ0v) is 36.1. The van der Waals surface area contributed by atoms with E-state index in [1.807, 2.05) is 11.3 Å². The zero-order chi connectivity index (χ0) is 41.5. The molecular formula is C58H49NOS. The van der Waals surface area contributed by atoms with Gasteiger partial charge in [-0.25, -0.2) is 0 Å². The molecular weight excluding hydrogens is 759 g/mol. The van der Waals surface area contributed by atoms with Crippen LogP contribution in [0.15, 0.2) is 202 Å². The van der Waals surface area contributed by atoms with Crippen molar-refractivity contribution in [2.75, 3.05) is 0 Å². The summed E-state index contributed by atoms with van der Waals surface area (Å²) in [5, 5.41) is 4.88. The minimum absolute atomic E-state index is 0.140. The van der Waals surface area contributed by atoms with Crippen molar-refractivity contribution in [1.29, 1.82) is 0 Å². The normalized spacial score (nSPS) is 14.2. The monoisotopic (exact) mass is 807 g/mol. The summed E-state index contributed by atoms with van der Waals surface area (Å²) in [4.78, 5) is 5.78. The fourth-order valence-electron chi connectivity index (χ4n) is 9.77. The van der Waals surface area contributed by atoms with Crippen LogP contribution in [0.5, 0.6) is 0 Å². The quantitative estimate of drug-likeness (QED) is 0.126. The van der Waals surface area contributed by atoms with Gasteiger partial charge in [0.2, 0.25) is 0 Å². The van der Waals surface area contributed by atoms with Crippen LogP contribution in [0.1, 0.15) is 64.1 Å². The third kappa shape index (κ3) is 7.17. The number of rotatable bonds is 10. The van der Waals surface area contributed by atoms with Gasteiger partial charge in [-0.2, -0.15) is 0 Å². The van der Waals surface area contributed by atoms with Crippen LogP contribution in [0, 0.1) is 5.92 Å². The standard InChI is InChI=1S/C58H49NOS/c1-5-45(54(37(2)3)42-20-11-7-12-21-42)58(59-38(4)39-28-30-41(31-29-39)40-18-9-6-10-19-40)49-25-17-26-50-56(49)47-33-32-44(36-51(47)60-50)46-34-35-53-57(48-24-15-16-27-52(48)61-53)55(46)43-22-13-8-14-23-43/h6-11,13-20,22-36,45,58H,5,12,21H2,1-4H3. The summed E-state index contributed by atoms with van der Waals surface area (Å²) in [5.74, 6) is 0.164. The Morgan fingerprint density at radius 2 is 1.36 bits per heavy atom. The molecule has 2 atom stereocenters. The summed E-state index contributed by atoms with van der Waals surface area (Å²) < 4.78 is 9.50. The highest BCUT2D eigenvalue weighted by Gasteiger charge is 2.31. The highest BCUT2D eigenvalue weighted by Crippen LogP contribution is 2.48. The molecule has 10 rings (SSSR count). The molecule has 1 aliphatic carbocycles. The van der Waals surface area contributed by atoms with E-state index in [1.54, 1.807) is 0 Å². The average Bonchev–Trinajstić information content (AvgIpc) is 3.89. The topological polar surface area (TPSA) is 25.5 Å². The Balaban J connectivity index is 1.14. The van der Waals surface area contributed by atoms with Gasteiger partial charge in [0.1, 0.15) is 11.2 Å². The van der Waals surface area contributed by atoms with E-state index >= 15 is 0 Å². The lowest BCUT2D eigenvalue weighted by atomic mass is 9.77. The smallest absolute Gasteiger partial charge is 0.136 e. The molecule has 0 bridgehead atoms. The Morgan fingerprint density at radius 3 is 2.10 bits per heavy atom. The molecule has 9 aromatic rings. The number of nitrogens with zero attached hydrogens (tertiary/aromatic N) is 1. The van der Waals surface area contributed by atoms with Crippen LogP contribution < -0.4 is 0 Å². The maximum absolute atomic E-state index is 6.90. The third-order valence-electron chi connectivity index (χ3n) is 12.6. The maximum Gasteiger partial charge on any atom is 0.136 e. The number of benzene rings is 7. The summed E-state index contributed by atoms with van der Waals surface area (Å²) in [5.41, 5.74) is 16.6. The highest BCUT2D eigenvalue weighted by molar-refractivity contribution is 7.26. The summed E-state index contributed by atoms with van der Waals surface area (Å²) >= 11 is 1.86. The van der Waals surface area contributed by atoms with Crippen molar-refractivity contribution in [3.8, 4) is 33.4 Å². The molecule has 2 heterocycles. The van der Waals surface area contributed by atoms with Crippen molar-refractivity contribution in [2.45, 2.75) is 53.0 Å². The molecule has 3 heteroatoms. The largest absolute Gasteiger partial charge is 0.456 e. The average molecular weight is 808 g/mol. The van der Waals surface area contributed by atoms with Crippen LogP contribution in [-0.2, 0) is 0 Å². The zero-order valence-electron chi connectivity index (χ0n) is 35.3. The first-order valence-corrected chi connectivity index (χ1v) is 22.5. The second-order valence-corrected chi connectivity index (χ2v) is 17.6. The van der Waals surface area contributed by atoms with Crippen LogP contribution in [0.25, 0.3) is 75.5 Å². The van der Waals surface area contributed by atoms with E-state index in [9.17, 15) is 0 Å². The van der Waals surface area contributed by atoms with Gasteiger partial charge < -0.3 is 4.42 Å². The predicted octanol–water partition coefficient (Wildman–Crippen LogP) is 17.1. The maximum atomic E-state index is 6.90. The lowest BCUT2D eigenvalue weighted by molar-refractivity contribution is 0.483. The van der Waals surface area contributed by atoms with E-state index in [2.05, 4.69) is 204 Å². The summed E-state index contributed by atoms with van der Waals surface area (Å²) in [6.45, 7) is 9.07. The molecule has 0 amide bonds. The molecule has 1 aliphatic rings. The number of fused-ring (bicyclic) bond motifs is 6. The Labute approximate surface area is 362 Å². The van der Waals surface area contributed by atoms with Crippen LogP contribution in [0.3, 0.4) is 0 Å². The molecule has 0 radical (unpaired) electrons. The minimum Gasteiger partial charge on any atom is -0.456 e. The Bertz CT molecular complexity index is 3190. The lowest BCUT2D eigenvalue weighted by Crippen LogP contribution is -2.18. The van der Waals surface area contributed by atoms with Gasteiger partial charge in [0.25, 0.3) is 0 Å². The molecule has 0 N–H and O–H groups in total. The van der Waals surface area contributed by atoms with E-state index in [1.165, 1.54) is 70.3 Å². The van der Waals surface area contributed by atoms with Crippen LogP contribution in [-0.4, -0.2) is 5.71 Å². The predicted molar refractivity (Wildman–Crippen MR) is 263 cm³/mol. The van der Waals surface area contributed by atoms with Crippen molar-refractivity contribution in [2.24, 2.45) is 10.9 Å². The summed E-state index contributed by atoms with van der Waals surface area (Å²) in [7, 11) is 0. The van der Waals surface area contributed by atoms with Gasteiger partial charge in [0.15, 0.2) is 0 Å². The third-order valence-corrected chi connectivity index (χ3v) is 13.7. The second-order valence-electron chi connectivity index (χ2n) is 16.5. The number of aliphatic imine (C=N–C) groups is 1. The molecule has 7 aromatic carbocycles. The molecule has 2 nitrogen and oxygen atoms in total. The molecule has 2 unspecified atom stereocenters. The van der Waals surface area contributed by atoms with Gasteiger partial charge in [-0.3, -0.25) is 4.99 Å². The SMILES string of the molecule is CCC(C(C1=CC=CCC1)=C(C)C)C(N=C(C)c1ccc(-c2ccccc2)cc1)c1cccc2oc3cc(-c4ccc5sc6ccccc6c5c4-c4ccccc4)ccc3c12. The number of allylic oxidation sites excluding steroid dienone is 5. The van der Waals surface area contributed by atoms with Crippen molar-refractivity contribution < 1.29 is 4.42 Å². The Kier molecular flexibility index (Phi) is 10.4. The van der Waals surface area contributed by atoms with E-state index in [0.29, 0.717) is 0 Å². The second kappa shape index (κ2) is 16.5. The molecule has 298 valence electrons. The van der Waals surface area contributed by atoms with E-state index in [-0.39, 0.29) is 12.0 Å². The highest BCUT2D eigenvalue weighted by atomic mass is 32.1. The first-order valence-electron chi connectivity index (χ1n) is 21.7. The van der Waals surface area contributed by atoms with Crippen LogP contribution in [0.4, 0.5) is 0 Å². The molecule has 0 fully saturated rings. The summed E-state index contributed by atoms with van der Waals surface area (Å²) in [6.07, 6.45) is 9.90. The Hall–Kier alpha value is -6.55. The van der Waals surface area contributed by atoms with Crippen LogP contribution >= 0.6 is 11.3 Å². The number of thiophene rings is 1. The lowest BCUT2D eigenvalue weighted by Gasteiger charge is -2.31. The van der Waals surface area contributed by atoms with Gasteiger partial charge in [-0.05, 0) is 126 Å². The van der Waals surface area contributed by atoms with E-state index < -0.39 is 0 Å². The summed E-state index contributed by atoms with van der Waals surface area (Å²) in [6, 6.07) is 57.0. The molecule has 0 saturated heterocycles. The minimum atomic E-state index is -0.140. The van der Waals surface area contributed by atoms with Crippen molar-refractivity contribution in [1.82, 2.24) is 0 Å². The number of hydrogen-bond donors (Lipinski definition) is 0. The van der Waals surface area contributed by atoms with Gasteiger partial charge in [0.05, 0.1) is 6.04 Å². The van der Waals surface area contributed by atoms with Crippen molar-refractivity contribution in [3.63, 3.8) is 0 Å². The first kappa shape index (κ1) is 38.6. The van der Waals surface area contributed by atoms with Gasteiger partial charge in [-0.15, -0.1) is 11.3 Å². The van der Waals surface area contributed by atoms with E-state index in [4.69, 9.17) is 9.41 Å². The molecule has 0 spiro atoms. The molecule has 0 aliphatic heterocycles. The van der Waals surface area contributed by atoms with Crippen LogP contribution in [0.2, 0.25) is 0 Å². The molecule has 0 saturated carbocycles. The first-order chi connectivity index (χ1) is 30.0. The van der Waals surface area contributed by atoms with Gasteiger partial charge >= 0.3 is 0 Å². The fourth-order valence-corrected chi connectivity index (χ4v) is 10.9. The number of furan rings is 1. The van der Waals surface area contributed by atoms with Crippen molar-refractivity contribution in [3.05, 3.63) is 204 Å².